The summed E-state index contributed by atoms with van der Waals surface area (Å²) < 4.78 is 0. The van der Waals surface area contributed by atoms with Gasteiger partial charge in [-0.15, -0.1) is 0 Å². The van der Waals surface area contributed by atoms with E-state index < -0.39 is 0 Å². The highest BCUT2D eigenvalue weighted by Gasteiger charge is 2.37. The van der Waals surface area contributed by atoms with E-state index in [1.807, 2.05) is 18.2 Å². The largest absolute Gasteiger partial charge is 0.378 e. The molecule has 1 aliphatic carbocycles. The summed E-state index contributed by atoms with van der Waals surface area (Å²) in [6.45, 7) is 0. The topological polar surface area (TPSA) is 12.0 Å². The number of benzene rings is 2. The molecule has 2 aromatic rings. The van der Waals surface area contributed by atoms with Crippen LogP contribution in [-0.2, 0) is 0 Å². The molecule has 4 rings (SSSR count). The van der Waals surface area contributed by atoms with Gasteiger partial charge in [0.15, 0.2) is 0 Å². The van der Waals surface area contributed by atoms with Crippen LogP contribution in [0.15, 0.2) is 54.6 Å². The van der Waals surface area contributed by atoms with E-state index in [2.05, 4.69) is 41.7 Å². The highest BCUT2D eigenvalue weighted by Crippen LogP contribution is 2.50. The molecule has 0 spiro atoms. The molecule has 0 saturated carbocycles. The van der Waals surface area contributed by atoms with Crippen molar-refractivity contribution in [1.29, 1.82) is 0 Å². The molecule has 3 heteroatoms. The molecule has 0 aromatic heterocycles. The molecule has 0 radical (unpaired) electrons. The summed E-state index contributed by atoms with van der Waals surface area (Å²) >= 11 is 12.2. The average molecular weight is 316 g/mol. The van der Waals surface area contributed by atoms with Crippen molar-refractivity contribution in [2.45, 2.75) is 18.4 Å². The average Bonchev–Trinajstić information content (AvgIpc) is 2.97. The number of anilines is 1. The van der Waals surface area contributed by atoms with E-state index in [-0.39, 0.29) is 0 Å². The standard InChI is InChI=1S/C18H15Cl2N/c19-12-6-4-11(5-7-12)18-15-3-1-2-14(15)16-10-13(20)8-9-17(16)21-18/h1-2,4-10,14-15,18,21H,3H2/t14-,15+,18-/m0/s1. The van der Waals surface area contributed by atoms with Crippen LogP contribution in [0.1, 0.15) is 29.5 Å². The summed E-state index contributed by atoms with van der Waals surface area (Å²) in [7, 11) is 0. The maximum Gasteiger partial charge on any atom is 0.0553 e. The summed E-state index contributed by atoms with van der Waals surface area (Å²) in [4.78, 5) is 0. The molecule has 1 nitrogen and oxygen atoms in total. The molecule has 1 N–H and O–H groups in total. The third-order valence-corrected chi connectivity index (χ3v) is 5.04. The van der Waals surface area contributed by atoms with Crippen molar-refractivity contribution in [1.82, 2.24) is 0 Å². The SMILES string of the molecule is Clc1ccc([C@@H]2Nc3ccc(Cl)cc3[C@H]3C=CC[C@H]32)cc1. The number of hydrogen-bond acceptors (Lipinski definition) is 1. The summed E-state index contributed by atoms with van der Waals surface area (Å²) in [5.41, 5.74) is 3.79. The van der Waals surface area contributed by atoms with Crippen LogP contribution in [0.4, 0.5) is 5.69 Å². The van der Waals surface area contributed by atoms with E-state index in [0.29, 0.717) is 17.9 Å². The Hall–Kier alpha value is -1.44. The van der Waals surface area contributed by atoms with Gasteiger partial charge < -0.3 is 5.32 Å². The van der Waals surface area contributed by atoms with Gasteiger partial charge in [-0.25, -0.2) is 0 Å². The van der Waals surface area contributed by atoms with Crippen LogP contribution in [0.3, 0.4) is 0 Å². The zero-order chi connectivity index (χ0) is 14.4. The van der Waals surface area contributed by atoms with Crippen LogP contribution in [-0.4, -0.2) is 0 Å². The molecule has 21 heavy (non-hydrogen) atoms. The Labute approximate surface area is 134 Å². The molecule has 0 amide bonds. The molecule has 0 fully saturated rings. The van der Waals surface area contributed by atoms with Gasteiger partial charge in [-0.3, -0.25) is 0 Å². The van der Waals surface area contributed by atoms with E-state index in [1.165, 1.54) is 16.8 Å². The number of allylic oxidation sites excluding steroid dienone is 2. The van der Waals surface area contributed by atoms with Gasteiger partial charge in [0.25, 0.3) is 0 Å². The van der Waals surface area contributed by atoms with Gasteiger partial charge >= 0.3 is 0 Å². The first-order valence-corrected chi connectivity index (χ1v) is 7.96. The van der Waals surface area contributed by atoms with Crippen LogP contribution in [0, 0.1) is 5.92 Å². The van der Waals surface area contributed by atoms with Crippen LogP contribution >= 0.6 is 23.2 Å². The number of rotatable bonds is 1. The fraction of sp³-hybridized carbons (Fsp3) is 0.222. The van der Waals surface area contributed by atoms with E-state index in [1.54, 1.807) is 0 Å². The predicted octanol–water partition coefficient (Wildman–Crippen LogP) is 5.82. The first kappa shape index (κ1) is 13.2. The van der Waals surface area contributed by atoms with E-state index in [9.17, 15) is 0 Å². The maximum absolute atomic E-state index is 6.17. The van der Waals surface area contributed by atoms with Crippen LogP contribution in [0.2, 0.25) is 10.0 Å². The van der Waals surface area contributed by atoms with Crippen LogP contribution in [0.5, 0.6) is 0 Å². The molecule has 0 bridgehead atoms. The Kier molecular flexibility index (Phi) is 3.20. The molecule has 106 valence electrons. The highest BCUT2D eigenvalue weighted by atomic mass is 35.5. The second-order valence-electron chi connectivity index (χ2n) is 5.76. The third-order valence-electron chi connectivity index (χ3n) is 4.55. The fourth-order valence-corrected chi connectivity index (χ4v) is 3.87. The van der Waals surface area contributed by atoms with E-state index in [4.69, 9.17) is 23.2 Å². The minimum absolute atomic E-state index is 0.316. The monoisotopic (exact) mass is 315 g/mol. The van der Waals surface area contributed by atoms with Gasteiger partial charge in [-0.2, -0.15) is 0 Å². The van der Waals surface area contributed by atoms with Gasteiger partial charge in [0.2, 0.25) is 0 Å². The summed E-state index contributed by atoms with van der Waals surface area (Å²) in [5.74, 6) is 0.984. The first-order chi connectivity index (χ1) is 10.2. The van der Waals surface area contributed by atoms with Gasteiger partial charge in [-0.1, -0.05) is 47.5 Å². The van der Waals surface area contributed by atoms with Crippen LogP contribution in [0.25, 0.3) is 0 Å². The van der Waals surface area contributed by atoms with Gasteiger partial charge in [0.1, 0.15) is 0 Å². The molecule has 3 atom stereocenters. The second-order valence-corrected chi connectivity index (χ2v) is 6.63. The number of halogens is 2. The number of nitrogens with one attached hydrogen (secondary N) is 1. The van der Waals surface area contributed by atoms with Gasteiger partial charge in [0.05, 0.1) is 6.04 Å². The van der Waals surface area contributed by atoms with Crippen molar-refractivity contribution in [2.75, 3.05) is 5.32 Å². The van der Waals surface area contributed by atoms with E-state index >= 15 is 0 Å². The van der Waals surface area contributed by atoms with Crippen molar-refractivity contribution in [2.24, 2.45) is 5.92 Å². The normalized spacial score (nSPS) is 26.1. The van der Waals surface area contributed by atoms with Crippen molar-refractivity contribution in [3.8, 4) is 0 Å². The molecule has 2 aromatic carbocycles. The van der Waals surface area contributed by atoms with Gasteiger partial charge in [0, 0.05) is 21.7 Å². The quantitative estimate of drug-likeness (QED) is 0.654. The van der Waals surface area contributed by atoms with Crippen molar-refractivity contribution in [3.63, 3.8) is 0 Å². The first-order valence-electron chi connectivity index (χ1n) is 7.20. The molecule has 1 aliphatic heterocycles. The lowest BCUT2D eigenvalue weighted by Gasteiger charge is -2.37. The molecular weight excluding hydrogens is 301 g/mol. The Balaban J connectivity index is 1.78. The highest BCUT2D eigenvalue weighted by molar-refractivity contribution is 6.31. The van der Waals surface area contributed by atoms with Crippen LogP contribution < -0.4 is 5.32 Å². The fourth-order valence-electron chi connectivity index (χ4n) is 3.57. The Morgan fingerprint density at radius 2 is 1.71 bits per heavy atom. The third kappa shape index (κ3) is 2.25. The summed E-state index contributed by atoms with van der Waals surface area (Å²) in [5, 5.41) is 5.28. The zero-order valence-electron chi connectivity index (χ0n) is 11.4. The van der Waals surface area contributed by atoms with Crippen molar-refractivity contribution in [3.05, 3.63) is 75.8 Å². The molecule has 0 unspecified atom stereocenters. The predicted molar refractivity (Wildman–Crippen MR) is 89.3 cm³/mol. The Bertz CT molecular complexity index is 706. The number of hydrogen-bond donors (Lipinski definition) is 1. The maximum atomic E-state index is 6.17. The second kappa shape index (κ2) is 5.08. The minimum Gasteiger partial charge on any atom is -0.378 e. The number of fused-ring (bicyclic) bond motifs is 3. The lowest BCUT2D eigenvalue weighted by atomic mass is 9.77. The zero-order valence-corrected chi connectivity index (χ0v) is 12.9. The molecule has 0 saturated heterocycles. The molecular formula is C18H15Cl2N. The summed E-state index contributed by atoms with van der Waals surface area (Å²) in [6.07, 6.45) is 5.70. The Morgan fingerprint density at radius 3 is 2.52 bits per heavy atom. The lowest BCUT2D eigenvalue weighted by molar-refractivity contribution is 0.425. The molecule has 1 heterocycles. The lowest BCUT2D eigenvalue weighted by Crippen LogP contribution is -2.28. The Morgan fingerprint density at radius 1 is 0.952 bits per heavy atom. The van der Waals surface area contributed by atoms with Crippen molar-refractivity contribution < 1.29 is 0 Å². The smallest absolute Gasteiger partial charge is 0.0553 e. The van der Waals surface area contributed by atoms with Crippen molar-refractivity contribution >= 4 is 28.9 Å². The van der Waals surface area contributed by atoms with Gasteiger partial charge in [-0.05, 0) is 53.8 Å². The summed E-state index contributed by atoms with van der Waals surface area (Å²) in [6, 6.07) is 14.6. The molecule has 2 aliphatic rings. The minimum atomic E-state index is 0.316. The van der Waals surface area contributed by atoms with E-state index in [0.717, 1.165) is 16.5 Å².